The summed E-state index contributed by atoms with van der Waals surface area (Å²) in [7, 11) is 0. The van der Waals surface area contributed by atoms with Crippen LogP contribution in [0.25, 0.3) is 0 Å². The maximum Gasteiger partial charge on any atom is 0.0325 e. The molecule has 0 unspecified atom stereocenters. The van der Waals surface area contributed by atoms with Crippen LogP contribution in [0.2, 0.25) is 0 Å². The molecule has 0 saturated carbocycles. The number of nitrogens with zero attached hydrogens (tertiary/aromatic N) is 1. The van der Waals surface area contributed by atoms with E-state index in [1.807, 2.05) is 0 Å². The highest BCUT2D eigenvalue weighted by molar-refractivity contribution is 5.32. The molecule has 1 aliphatic heterocycles. The van der Waals surface area contributed by atoms with E-state index in [0.717, 1.165) is 0 Å². The van der Waals surface area contributed by atoms with Crippen molar-refractivity contribution in [1.29, 1.82) is 0 Å². The van der Waals surface area contributed by atoms with Gasteiger partial charge in [0, 0.05) is 18.6 Å². The first-order valence-electron chi connectivity index (χ1n) is 5.53. The summed E-state index contributed by atoms with van der Waals surface area (Å²) in [6.45, 7) is 8.09. The van der Waals surface area contributed by atoms with Crippen LogP contribution >= 0.6 is 0 Å². The van der Waals surface area contributed by atoms with Gasteiger partial charge in [0.15, 0.2) is 0 Å². The molecule has 0 radical (unpaired) electrons. The Morgan fingerprint density at radius 1 is 1.29 bits per heavy atom. The van der Waals surface area contributed by atoms with Crippen molar-refractivity contribution >= 4 is 0 Å². The fourth-order valence-electron chi connectivity index (χ4n) is 2.50. The number of rotatable bonds is 1. The van der Waals surface area contributed by atoms with Gasteiger partial charge in [0.25, 0.3) is 0 Å². The third-order valence-corrected chi connectivity index (χ3v) is 3.31. The Bertz CT molecular complexity index is 317. The lowest BCUT2D eigenvalue weighted by Gasteiger charge is -2.38. The second-order valence-electron chi connectivity index (χ2n) is 4.46. The summed E-state index contributed by atoms with van der Waals surface area (Å²) in [6, 6.07) is 10.1. The Balaban J connectivity index is 2.31. The van der Waals surface area contributed by atoms with E-state index in [2.05, 4.69) is 49.9 Å². The first-order chi connectivity index (χ1) is 6.70. The predicted octanol–water partition coefficient (Wildman–Crippen LogP) is 3.01. The molecule has 0 aromatic heterocycles. The van der Waals surface area contributed by atoms with Gasteiger partial charge in [-0.05, 0) is 38.3 Å². The zero-order valence-corrected chi connectivity index (χ0v) is 9.33. The third-order valence-electron chi connectivity index (χ3n) is 3.31. The quantitative estimate of drug-likeness (QED) is 0.656. The van der Waals surface area contributed by atoms with E-state index in [1.165, 1.54) is 24.1 Å². The number of hydrogen-bond donors (Lipinski definition) is 0. The smallest absolute Gasteiger partial charge is 0.0325 e. The molecule has 0 bridgehead atoms. The van der Waals surface area contributed by atoms with Crippen LogP contribution in [-0.2, 0) is 6.42 Å². The van der Waals surface area contributed by atoms with Crippen molar-refractivity contribution in [2.75, 3.05) is 6.54 Å². The Labute approximate surface area is 86.7 Å². The number of hydrogen-bond acceptors (Lipinski definition) is 1. The van der Waals surface area contributed by atoms with Crippen LogP contribution in [0.3, 0.4) is 0 Å². The van der Waals surface area contributed by atoms with Crippen LogP contribution in [0.5, 0.6) is 0 Å². The molecule has 1 atom stereocenters. The van der Waals surface area contributed by atoms with Crippen molar-refractivity contribution in [1.82, 2.24) is 4.90 Å². The van der Waals surface area contributed by atoms with E-state index in [9.17, 15) is 0 Å². The van der Waals surface area contributed by atoms with Gasteiger partial charge in [-0.25, -0.2) is 0 Å². The van der Waals surface area contributed by atoms with Crippen molar-refractivity contribution in [2.24, 2.45) is 0 Å². The van der Waals surface area contributed by atoms with Gasteiger partial charge in [0.1, 0.15) is 0 Å². The van der Waals surface area contributed by atoms with Crippen LogP contribution in [0, 0.1) is 0 Å². The van der Waals surface area contributed by atoms with Crippen molar-refractivity contribution in [2.45, 2.75) is 39.3 Å². The van der Waals surface area contributed by atoms with Crippen LogP contribution in [0.4, 0.5) is 0 Å². The minimum Gasteiger partial charge on any atom is -0.294 e. The van der Waals surface area contributed by atoms with Crippen LogP contribution in [0.15, 0.2) is 24.3 Å². The Morgan fingerprint density at radius 2 is 2.00 bits per heavy atom. The van der Waals surface area contributed by atoms with Crippen molar-refractivity contribution in [3.8, 4) is 0 Å². The normalized spacial score (nSPS) is 22.4. The van der Waals surface area contributed by atoms with Crippen molar-refractivity contribution in [3.05, 3.63) is 35.4 Å². The summed E-state index contributed by atoms with van der Waals surface area (Å²) < 4.78 is 0. The lowest BCUT2D eigenvalue weighted by Crippen LogP contribution is -2.38. The highest BCUT2D eigenvalue weighted by Crippen LogP contribution is 2.30. The molecule has 0 saturated heterocycles. The molecule has 0 aliphatic carbocycles. The molecule has 1 aromatic rings. The molecule has 0 fully saturated rings. The molecule has 1 heterocycles. The van der Waals surface area contributed by atoms with Gasteiger partial charge in [0.2, 0.25) is 0 Å². The molecule has 1 aliphatic rings. The van der Waals surface area contributed by atoms with Gasteiger partial charge in [-0.3, -0.25) is 4.90 Å². The van der Waals surface area contributed by atoms with Crippen LogP contribution < -0.4 is 0 Å². The Morgan fingerprint density at radius 3 is 2.71 bits per heavy atom. The van der Waals surface area contributed by atoms with Crippen LogP contribution in [0.1, 0.15) is 37.9 Å². The topological polar surface area (TPSA) is 3.24 Å². The third kappa shape index (κ3) is 1.57. The number of benzene rings is 1. The van der Waals surface area contributed by atoms with E-state index in [-0.39, 0.29) is 0 Å². The fraction of sp³-hybridized carbons (Fsp3) is 0.538. The zero-order valence-electron chi connectivity index (χ0n) is 9.33. The summed E-state index contributed by atoms with van der Waals surface area (Å²) in [5.41, 5.74) is 3.06. The van der Waals surface area contributed by atoms with Gasteiger partial charge in [-0.15, -0.1) is 0 Å². The highest BCUT2D eigenvalue weighted by Gasteiger charge is 2.24. The maximum atomic E-state index is 2.57. The van der Waals surface area contributed by atoms with E-state index < -0.39 is 0 Å². The average Bonchev–Trinajstić information content (AvgIpc) is 2.18. The monoisotopic (exact) mass is 189 g/mol. The van der Waals surface area contributed by atoms with Crippen molar-refractivity contribution < 1.29 is 0 Å². The largest absolute Gasteiger partial charge is 0.294 e. The maximum absolute atomic E-state index is 2.57. The predicted molar refractivity (Wildman–Crippen MR) is 60.4 cm³/mol. The second kappa shape index (κ2) is 3.74. The zero-order chi connectivity index (χ0) is 10.1. The molecule has 0 N–H and O–H groups in total. The van der Waals surface area contributed by atoms with Gasteiger partial charge < -0.3 is 0 Å². The second-order valence-corrected chi connectivity index (χ2v) is 4.46. The molecule has 2 rings (SSSR count). The minimum absolute atomic E-state index is 0.583. The summed E-state index contributed by atoms with van der Waals surface area (Å²) in [5.74, 6) is 0. The Kier molecular flexibility index (Phi) is 2.60. The molecule has 0 spiro atoms. The summed E-state index contributed by atoms with van der Waals surface area (Å²) in [5, 5.41) is 0. The lowest BCUT2D eigenvalue weighted by atomic mass is 9.93. The summed E-state index contributed by atoms with van der Waals surface area (Å²) in [4.78, 5) is 2.57. The first-order valence-corrected chi connectivity index (χ1v) is 5.53. The molecular weight excluding hydrogens is 170 g/mol. The SMILES string of the molecule is CC(C)N1CCc2ccccc2[C@H]1C. The van der Waals surface area contributed by atoms with Gasteiger partial charge in [-0.1, -0.05) is 24.3 Å². The summed E-state index contributed by atoms with van der Waals surface area (Å²) in [6.07, 6.45) is 1.21. The average molecular weight is 189 g/mol. The van der Waals surface area contributed by atoms with Crippen molar-refractivity contribution in [3.63, 3.8) is 0 Å². The molecule has 1 nitrogen and oxygen atoms in total. The minimum atomic E-state index is 0.583. The van der Waals surface area contributed by atoms with Gasteiger partial charge >= 0.3 is 0 Å². The van der Waals surface area contributed by atoms with Gasteiger partial charge in [-0.2, -0.15) is 0 Å². The number of fused-ring (bicyclic) bond motifs is 1. The molecule has 76 valence electrons. The standard InChI is InChI=1S/C13H19N/c1-10(2)14-9-8-12-6-4-5-7-13(12)11(14)3/h4-7,10-11H,8-9H2,1-3H3/t11-/m1/s1. The molecule has 1 heteroatoms. The van der Waals surface area contributed by atoms with Crippen LogP contribution in [-0.4, -0.2) is 17.5 Å². The molecular formula is C13H19N. The first kappa shape index (κ1) is 9.72. The molecule has 1 aromatic carbocycles. The lowest BCUT2D eigenvalue weighted by molar-refractivity contribution is 0.154. The van der Waals surface area contributed by atoms with E-state index in [4.69, 9.17) is 0 Å². The summed E-state index contributed by atoms with van der Waals surface area (Å²) >= 11 is 0. The highest BCUT2D eigenvalue weighted by atomic mass is 15.2. The van der Waals surface area contributed by atoms with E-state index in [0.29, 0.717) is 12.1 Å². The van der Waals surface area contributed by atoms with E-state index >= 15 is 0 Å². The fourth-order valence-corrected chi connectivity index (χ4v) is 2.50. The molecule has 0 amide bonds. The van der Waals surface area contributed by atoms with Gasteiger partial charge in [0.05, 0.1) is 0 Å². The molecule has 14 heavy (non-hydrogen) atoms. The van der Waals surface area contributed by atoms with E-state index in [1.54, 1.807) is 0 Å². The Hall–Kier alpha value is -0.820.